The highest BCUT2D eigenvalue weighted by Gasteiger charge is 2.09. The Labute approximate surface area is 167 Å². The van der Waals surface area contributed by atoms with E-state index in [9.17, 15) is 14.0 Å². The zero-order valence-electron chi connectivity index (χ0n) is 15.8. The molecule has 0 spiro atoms. The second-order valence-electron chi connectivity index (χ2n) is 6.23. The van der Waals surface area contributed by atoms with Crippen LogP contribution in [0.3, 0.4) is 0 Å². The number of hydrogen-bond acceptors (Lipinski definition) is 5. The lowest BCUT2D eigenvalue weighted by Crippen LogP contribution is -2.26. The van der Waals surface area contributed by atoms with Crippen molar-refractivity contribution < 1.29 is 18.7 Å². The molecule has 0 saturated heterocycles. The number of nitrogens with one attached hydrogen (secondary N) is 2. The maximum atomic E-state index is 13.6. The summed E-state index contributed by atoms with van der Waals surface area (Å²) in [6, 6.07) is 16.6. The van der Waals surface area contributed by atoms with Crippen LogP contribution in [0, 0.1) is 5.82 Å². The fraction of sp³-hybridized carbons (Fsp3) is 0.136. The van der Waals surface area contributed by atoms with Gasteiger partial charge in [0.15, 0.2) is 0 Å². The van der Waals surface area contributed by atoms with Crippen LogP contribution in [0.15, 0.2) is 66.9 Å². The maximum absolute atomic E-state index is 13.6. The molecule has 6 nitrogen and oxygen atoms in total. The number of rotatable bonds is 7. The van der Waals surface area contributed by atoms with E-state index in [0.29, 0.717) is 35.5 Å². The summed E-state index contributed by atoms with van der Waals surface area (Å²) in [4.78, 5) is 28.0. The van der Waals surface area contributed by atoms with Gasteiger partial charge in [-0.1, -0.05) is 24.3 Å². The van der Waals surface area contributed by atoms with Crippen LogP contribution in [0.4, 0.5) is 15.8 Å². The van der Waals surface area contributed by atoms with Gasteiger partial charge in [0.05, 0.1) is 24.6 Å². The van der Waals surface area contributed by atoms with E-state index in [2.05, 4.69) is 15.6 Å². The third-order valence-electron chi connectivity index (χ3n) is 4.21. The average molecular weight is 393 g/mol. The molecule has 29 heavy (non-hydrogen) atoms. The molecule has 0 atom stereocenters. The van der Waals surface area contributed by atoms with Crippen molar-refractivity contribution in [2.45, 2.75) is 6.42 Å². The topological polar surface area (TPSA) is 80.3 Å². The van der Waals surface area contributed by atoms with Gasteiger partial charge in [-0.05, 0) is 48.4 Å². The molecule has 2 aromatic carbocycles. The van der Waals surface area contributed by atoms with Crippen LogP contribution in [-0.4, -0.2) is 30.5 Å². The Hall–Kier alpha value is -3.74. The zero-order chi connectivity index (χ0) is 20.6. The summed E-state index contributed by atoms with van der Waals surface area (Å²) in [5.74, 6) is -1.04. The first kappa shape index (κ1) is 20.0. The lowest BCUT2D eigenvalue weighted by atomic mass is 10.1. The fourth-order valence-electron chi connectivity index (χ4n) is 2.71. The van der Waals surface area contributed by atoms with Crippen LogP contribution in [0.1, 0.15) is 26.4 Å². The van der Waals surface area contributed by atoms with E-state index in [1.165, 1.54) is 19.4 Å². The van der Waals surface area contributed by atoms with Gasteiger partial charge < -0.3 is 15.4 Å². The van der Waals surface area contributed by atoms with E-state index in [1.54, 1.807) is 54.6 Å². The van der Waals surface area contributed by atoms with E-state index in [0.717, 1.165) is 0 Å². The first-order valence-corrected chi connectivity index (χ1v) is 9.00. The molecule has 2 N–H and O–H groups in total. The van der Waals surface area contributed by atoms with Crippen molar-refractivity contribution in [2.24, 2.45) is 0 Å². The molecule has 0 saturated carbocycles. The number of hydrogen-bond donors (Lipinski definition) is 2. The number of anilines is 2. The van der Waals surface area contributed by atoms with Crippen molar-refractivity contribution in [3.05, 3.63) is 89.5 Å². The highest BCUT2D eigenvalue weighted by atomic mass is 19.1. The Morgan fingerprint density at radius 1 is 1.03 bits per heavy atom. The van der Waals surface area contributed by atoms with Crippen LogP contribution in [-0.2, 0) is 11.2 Å². The number of carbonyl (C=O) groups excluding carboxylic acids is 2. The SMILES string of the molecule is COC(=O)c1cccc(Nc2ccc(C(=O)NCCc3ccccc3F)nc2)c1. The molecule has 148 valence electrons. The molecule has 7 heteroatoms. The summed E-state index contributed by atoms with van der Waals surface area (Å²) < 4.78 is 18.3. The van der Waals surface area contributed by atoms with Gasteiger partial charge in [0, 0.05) is 12.2 Å². The summed E-state index contributed by atoms with van der Waals surface area (Å²) in [7, 11) is 1.33. The second kappa shape index (κ2) is 9.45. The number of methoxy groups -OCH3 is 1. The van der Waals surface area contributed by atoms with Crippen LogP contribution >= 0.6 is 0 Å². The zero-order valence-corrected chi connectivity index (χ0v) is 15.8. The van der Waals surface area contributed by atoms with Crippen molar-refractivity contribution in [1.29, 1.82) is 0 Å². The van der Waals surface area contributed by atoms with E-state index in [-0.39, 0.29) is 17.4 Å². The number of ether oxygens (including phenoxy) is 1. The van der Waals surface area contributed by atoms with E-state index >= 15 is 0 Å². The number of nitrogens with zero attached hydrogens (tertiary/aromatic N) is 1. The second-order valence-corrected chi connectivity index (χ2v) is 6.23. The van der Waals surface area contributed by atoms with Crippen LogP contribution in [0.2, 0.25) is 0 Å². The molecule has 0 aliphatic heterocycles. The molecular weight excluding hydrogens is 373 g/mol. The van der Waals surface area contributed by atoms with Crippen molar-refractivity contribution >= 4 is 23.3 Å². The molecule has 0 unspecified atom stereocenters. The Morgan fingerprint density at radius 3 is 2.59 bits per heavy atom. The number of pyridine rings is 1. The number of halogens is 1. The largest absolute Gasteiger partial charge is 0.465 e. The molecule has 3 aromatic rings. The molecule has 1 amide bonds. The van der Waals surface area contributed by atoms with E-state index in [4.69, 9.17) is 4.74 Å². The molecule has 0 radical (unpaired) electrons. The normalized spacial score (nSPS) is 10.3. The third kappa shape index (κ3) is 5.38. The maximum Gasteiger partial charge on any atom is 0.337 e. The minimum absolute atomic E-state index is 0.257. The van der Waals surface area contributed by atoms with Gasteiger partial charge in [-0.25, -0.2) is 14.2 Å². The van der Waals surface area contributed by atoms with Gasteiger partial charge in [-0.2, -0.15) is 0 Å². The van der Waals surface area contributed by atoms with Gasteiger partial charge in [-0.15, -0.1) is 0 Å². The number of benzene rings is 2. The number of amides is 1. The minimum Gasteiger partial charge on any atom is -0.465 e. The molecule has 0 aliphatic rings. The highest BCUT2D eigenvalue weighted by molar-refractivity contribution is 5.92. The van der Waals surface area contributed by atoms with Crippen LogP contribution < -0.4 is 10.6 Å². The molecule has 0 fully saturated rings. The highest BCUT2D eigenvalue weighted by Crippen LogP contribution is 2.18. The quantitative estimate of drug-likeness (QED) is 0.598. The molecule has 3 rings (SSSR count). The molecule has 0 aliphatic carbocycles. The molecule has 1 heterocycles. The van der Waals surface area contributed by atoms with Crippen LogP contribution in [0.25, 0.3) is 0 Å². The first-order valence-electron chi connectivity index (χ1n) is 9.00. The van der Waals surface area contributed by atoms with Gasteiger partial charge >= 0.3 is 5.97 Å². The monoisotopic (exact) mass is 393 g/mol. The lowest BCUT2D eigenvalue weighted by Gasteiger charge is -2.09. The van der Waals surface area contributed by atoms with Gasteiger partial charge in [0.25, 0.3) is 5.91 Å². The predicted octanol–water partition coefficient (Wildman–Crippen LogP) is 3.72. The minimum atomic E-state index is -0.422. The van der Waals surface area contributed by atoms with E-state index in [1.807, 2.05) is 0 Å². The van der Waals surface area contributed by atoms with Crippen molar-refractivity contribution in [1.82, 2.24) is 10.3 Å². The number of esters is 1. The lowest BCUT2D eigenvalue weighted by molar-refractivity contribution is 0.0600. The van der Waals surface area contributed by atoms with Gasteiger partial charge in [0.2, 0.25) is 0 Å². The van der Waals surface area contributed by atoms with Gasteiger partial charge in [-0.3, -0.25) is 4.79 Å². The Bertz CT molecular complexity index is 1010. The Kier molecular flexibility index (Phi) is 6.52. The summed E-state index contributed by atoms with van der Waals surface area (Å²) in [5.41, 5.74) is 2.59. The molecule has 0 bridgehead atoms. The smallest absolute Gasteiger partial charge is 0.337 e. The molecular formula is C22H20FN3O3. The summed E-state index contributed by atoms with van der Waals surface area (Å²) in [6.07, 6.45) is 1.92. The summed E-state index contributed by atoms with van der Waals surface area (Å²) in [6.45, 7) is 0.307. The van der Waals surface area contributed by atoms with Gasteiger partial charge in [0.1, 0.15) is 11.5 Å². The van der Waals surface area contributed by atoms with Crippen molar-refractivity contribution in [2.75, 3.05) is 19.0 Å². The van der Waals surface area contributed by atoms with Crippen molar-refractivity contribution in [3.63, 3.8) is 0 Å². The predicted molar refractivity (Wildman–Crippen MR) is 108 cm³/mol. The Balaban J connectivity index is 1.56. The average Bonchev–Trinajstić information content (AvgIpc) is 2.75. The van der Waals surface area contributed by atoms with Crippen LogP contribution in [0.5, 0.6) is 0 Å². The standard InChI is InChI=1S/C22H20FN3O3/c1-29-22(28)16-6-4-7-17(13-16)26-18-9-10-20(25-14-18)21(27)24-12-11-15-5-2-3-8-19(15)23/h2-10,13-14,26H,11-12H2,1H3,(H,24,27). The number of aromatic nitrogens is 1. The third-order valence-corrected chi connectivity index (χ3v) is 4.21. The molecule has 1 aromatic heterocycles. The van der Waals surface area contributed by atoms with E-state index < -0.39 is 5.97 Å². The summed E-state index contributed by atoms with van der Waals surface area (Å²) in [5, 5.41) is 5.85. The first-order chi connectivity index (χ1) is 14.1. The summed E-state index contributed by atoms with van der Waals surface area (Å²) >= 11 is 0. The van der Waals surface area contributed by atoms with Crippen molar-refractivity contribution in [3.8, 4) is 0 Å². The Morgan fingerprint density at radius 2 is 1.86 bits per heavy atom. The fourth-order valence-corrected chi connectivity index (χ4v) is 2.71. The number of carbonyl (C=O) groups is 2.